The van der Waals surface area contributed by atoms with E-state index in [4.69, 9.17) is 0 Å². The van der Waals surface area contributed by atoms with Gasteiger partial charge in [0, 0.05) is 19.6 Å². The molecular weight excluding hydrogens is 162 g/mol. The summed E-state index contributed by atoms with van der Waals surface area (Å²) in [6.07, 6.45) is 0.755. The van der Waals surface area contributed by atoms with Crippen LogP contribution in [0.15, 0.2) is 0 Å². The maximum atomic E-state index is 9.76. The number of likely N-dealkylation sites (tertiary alicyclic amines) is 1. The average Bonchev–Trinajstić information content (AvgIpc) is 1.79. The van der Waals surface area contributed by atoms with Crippen molar-refractivity contribution >= 4 is 0 Å². The van der Waals surface area contributed by atoms with Crippen LogP contribution in [-0.2, 0) is 0 Å². The topological polar surface area (TPSA) is 23.5 Å². The molecule has 1 N–H and O–H groups in total. The summed E-state index contributed by atoms with van der Waals surface area (Å²) in [7, 11) is 0. The van der Waals surface area contributed by atoms with Crippen LogP contribution in [0.2, 0.25) is 0 Å². The van der Waals surface area contributed by atoms with Gasteiger partial charge in [0.2, 0.25) is 0 Å². The minimum absolute atomic E-state index is 0.146. The molecule has 0 spiro atoms. The van der Waals surface area contributed by atoms with E-state index in [1.807, 2.05) is 0 Å². The van der Waals surface area contributed by atoms with E-state index in [0.29, 0.717) is 0 Å². The average molecular weight is 185 g/mol. The van der Waals surface area contributed by atoms with Gasteiger partial charge in [-0.2, -0.15) is 0 Å². The Kier molecular flexibility index (Phi) is 3.36. The number of β-amino-alcohol motifs (C(OH)–C–C–N with tert-alkyl or cyclic N) is 1. The summed E-state index contributed by atoms with van der Waals surface area (Å²) in [5, 5.41) is 9.76. The Labute approximate surface area is 81.9 Å². The summed E-state index contributed by atoms with van der Waals surface area (Å²) < 4.78 is 0. The van der Waals surface area contributed by atoms with E-state index in [1.165, 1.54) is 13.1 Å². The molecule has 78 valence electrons. The van der Waals surface area contributed by atoms with Crippen LogP contribution >= 0.6 is 0 Å². The van der Waals surface area contributed by atoms with E-state index in [-0.39, 0.29) is 11.5 Å². The predicted molar refractivity (Wildman–Crippen MR) is 55.7 cm³/mol. The van der Waals surface area contributed by atoms with Gasteiger partial charge in [-0.05, 0) is 17.8 Å². The van der Waals surface area contributed by atoms with Gasteiger partial charge in [-0.1, -0.05) is 27.7 Å². The molecule has 0 saturated carbocycles. The first-order valence-electron chi connectivity index (χ1n) is 5.27. The van der Waals surface area contributed by atoms with E-state index in [2.05, 4.69) is 32.6 Å². The first-order chi connectivity index (χ1) is 5.87. The third-order valence-electron chi connectivity index (χ3n) is 2.46. The second-order valence-electron chi connectivity index (χ2n) is 5.74. The van der Waals surface area contributed by atoms with Crippen molar-refractivity contribution in [3.8, 4) is 0 Å². The summed E-state index contributed by atoms with van der Waals surface area (Å²) in [6, 6.07) is 0. The highest BCUT2D eigenvalue weighted by Crippen LogP contribution is 2.22. The molecule has 0 amide bonds. The molecule has 0 radical (unpaired) electrons. The van der Waals surface area contributed by atoms with Crippen molar-refractivity contribution in [1.82, 2.24) is 4.90 Å². The van der Waals surface area contributed by atoms with Gasteiger partial charge < -0.3 is 10.0 Å². The van der Waals surface area contributed by atoms with E-state index in [9.17, 15) is 5.11 Å². The second kappa shape index (κ2) is 3.97. The number of aliphatic hydroxyl groups is 1. The van der Waals surface area contributed by atoms with Crippen LogP contribution in [0, 0.1) is 11.3 Å². The van der Waals surface area contributed by atoms with E-state index < -0.39 is 0 Å². The lowest BCUT2D eigenvalue weighted by molar-refractivity contribution is 0.0288. The first kappa shape index (κ1) is 11.0. The molecule has 0 bridgehead atoms. The highest BCUT2D eigenvalue weighted by Gasteiger charge is 2.26. The fraction of sp³-hybridized carbons (Fsp3) is 1.00. The summed E-state index contributed by atoms with van der Waals surface area (Å²) in [5.74, 6) is 0.835. The highest BCUT2D eigenvalue weighted by atomic mass is 16.3. The Morgan fingerprint density at radius 3 is 2.31 bits per heavy atom. The fourth-order valence-electron chi connectivity index (χ4n) is 2.05. The molecule has 1 aliphatic rings. The van der Waals surface area contributed by atoms with Crippen molar-refractivity contribution in [3.05, 3.63) is 0 Å². The molecule has 0 aromatic carbocycles. The zero-order valence-electron chi connectivity index (χ0n) is 9.38. The number of aliphatic hydroxyl groups excluding tert-OH is 1. The Hall–Kier alpha value is -0.0800. The lowest BCUT2D eigenvalue weighted by Gasteiger charge is -2.39. The molecule has 1 atom stereocenters. The Morgan fingerprint density at radius 1 is 1.38 bits per heavy atom. The van der Waals surface area contributed by atoms with Crippen molar-refractivity contribution in [1.29, 1.82) is 0 Å². The fourth-order valence-corrected chi connectivity index (χ4v) is 2.05. The van der Waals surface area contributed by atoms with Crippen LogP contribution in [0.1, 0.15) is 34.1 Å². The first-order valence-corrected chi connectivity index (χ1v) is 5.27. The van der Waals surface area contributed by atoms with E-state index in [0.717, 1.165) is 18.9 Å². The van der Waals surface area contributed by atoms with Crippen molar-refractivity contribution in [2.45, 2.75) is 40.2 Å². The van der Waals surface area contributed by atoms with Gasteiger partial charge in [-0.15, -0.1) is 0 Å². The van der Waals surface area contributed by atoms with Crippen LogP contribution in [0.3, 0.4) is 0 Å². The lowest BCUT2D eigenvalue weighted by Crippen LogP contribution is -2.48. The van der Waals surface area contributed by atoms with Crippen LogP contribution in [0.5, 0.6) is 0 Å². The SMILES string of the molecule is CC1CN(CC(O)CC(C)(C)C)C1. The minimum atomic E-state index is -0.146. The maximum Gasteiger partial charge on any atom is 0.0672 e. The monoisotopic (exact) mass is 185 g/mol. The van der Waals surface area contributed by atoms with Gasteiger partial charge in [0.1, 0.15) is 0 Å². The summed E-state index contributed by atoms with van der Waals surface area (Å²) in [4.78, 5) is 2.33. The van der Waals surface area contributed by atoms with Gasteiger partial charge in [0.05, 0.1) is 6.10 Å². The number of hydrogen-bond acceptors (Lipinski definition) is 2. The molecule has 0 aromatic rings. The normalized spacial score (nSPS) is 22.8. The van der Waals surface area contributed by atoms with Crippen molar-refractivity contribution in [2.24, 2.45) is 11.3 Å². The third kappa shape index (κ3) is 4.10. The zero-order chi connectivity index (χ0) is 10.1. The Balaban J connectivity index is 2.15. The lowest BCUT2D eigenvalue weighted by atomic mass is 9.88. The molecule has 13 heavy (non-hydrogen) atoms. The molecule has 1 heterocycles. The van der Waals surface area contributed by atoms with E-state index >= 15 is 0 Å². The molecule has 2 nitrogen and oxygen atoms in total. The Morgan fingerprint density at radius 2 is 1.92 bits per heavy atom. The van der Waals surface area contributed by atoms with Crippen molar-refractivity contribution in [3.63, 3.8) is 0 Å². The number of nitrogens with zero attached hydrogens (tertiary/aromatic N) is 1. The van der Waals surface area contributed by atoms with Crippen LogP contribution < -0.4 is 0 Å². The van der Waals surface area contributed by atoms with Gasteiger partial charge in [-0.3, -0.25) is 0 Å². The summed E-state index contributed by atoms with van der Waals surface area (Å²) >= 11 is 0. The van der Waals surface area contributed by atoms with Gasteiger partial charge >= 0.3 is 0 Å². The molecule has 2 heteroatoms. The van der Waals surface area contributed by atoms with Crippen molar-refractivity contribution in [2.75, 3.05) is 19.6 Å². The van der Waals surface area contributed by atoms with Crippen molar-refractivity contribution < 1.29 is 5.11 Å². The van der Waals surface area contributed by atoms with Crippen LogP contribution in [0.4, 0.5) is 0 Å². The number of hydrogen-bond donors (Lipinski definition) is 1. The molecule has 0 aromatic heterocycles. The molecule has 0 aliphatic carbocycles. The molecule has 1 saturated heterocycles. The number of rotatable bonds is 3. The standard InChI is InChI=1S/C11H23NO/c1-9-6-12(7-9)8-10(13)5-11(2,3)4/h9-10,13H,5-8H2,1-4H3. The minimum Gasteiger partial charge on any atom is -0.392 e. The van der Waals surface area contributed by atoms with Crippen LogP contribution in [0.25, 0.3) is 0 Å². The zero-order valence-corrected chi connectivity index (χ0v) is 9.38. The molecule has 1 rings (SSSR count). The maximum absolute atomic E-state index is 9.76. The second-order valence-corrected chi connectivity index (χ2v) is 5.74. The van der Waals surface area contributed by atoms with Gasteiger partial charge in [0.15, 0.2) is 0 Å². The smallest absolute Gasteiger partial charge is 0.0672 e. The van der Waals surface area contributed by atoms with E-state index in [1.54, 1.807) is 0 Å². The Bertz CT molecular complexity index is 156. The third-order valence-corrected chi connectivity index (χ3v) is 2.46. The summed E-state index contributed by atoms with van der Waals surface area (Å²) in [6.45, 7) is 12.0. The quantitative estimate of drug-likeness (QED) is 0.724. The van der Waals surface area contributed by atoms with Gasteiger partial charge in [0.25, 0.3) is 0 Å². The molecular formula is C11H23NO. The summed E-state index contributed by atoms with van der Waals surface area (Å²) in [5.41, 5.74) is 0.246. The highest BCUT2D eigenvalue weighted by molar-refractivity contribution is 4.79. The molecule has 1 unspecified atom stereocenters. The largest absolute Gasteiger partial charge is 0.392 e. The van der Waals surface area contributed by atoms with Crippen LogP contribution in [-0.4, -0.2) is 35.7 Å². The molecule has 1 fully saturated rings. The molecule has 1 aliphatic heterocycles. The van der Waals surface area contributed by atoms with Gasteiger partial charge in [-0.25, -0.2) is 0 Å². The predicted octanol–water partition coefficient (Wildman–Crippen LogP) is 1.74.